The number of amides is 2. The highest BCUT2D eigenvalue weighted by atomic mass is 19.4. The fourth-order valence-electron chi connectivity index (χ4n) is 7.86. The van der Waals surface area contributed by atoms with Gasteiger partial charge in [-0.15, -0.1) is 0 Å². The number of benzene rings is 1. The van der Waals surface area contributed by atoms with E-state index in [-0.39, 0.29) is 49.5 Å². The lowest BCUT2D eigenvalue weighted by molar-refractivity contribution is -0.144. The Balaban J connectivity index is 1.20. The topological polar surface area (TPSA) is 81.2 Å². The third kappa shape index (κ3) is 6.18. The van der Waals surface area contributed by atoms with Gasteiger partial charge in [0.2, 0.25) is 5.91 Å². The van der Waals surface area contributed by atoms with Gasteiger partial charge < -0.3 is 24.0 Å². The molecule has 0 N–H and O–H groups in total. The number of alkyl halides is 3. The van der Waals surface area contributed by atoms with Gasteiger partial charge >= 0.3 is 6.18 Å². The molecular weight excluding hydrogens is 575 g/mol. The molecule has 2 amide bonds. The maximum atomic E-state index is 14.5. The maximum Gasteiger partial charge on any atom is 0.417 e. The van der Waals surface area contributed by atoms with Crippen molar-refractivity contribution < 1.29 is 37.0 Å². The molecule has 8 nitrogen and oxygen atoms in total. The van der Waals surface area contributed by atoms with Crippen LogP contribution in [-0.4, -0.2) is 79.3 Å². The van der Waals surface area contributed by atoms with Crippen LogP contribution in [0.15, 0.2) is 36.5 Å². The number of methoxy groups -OCH3 is 1. The van der Waals surface area contributed by atoms with Crippen LogP contribution in [0.4, 0.5) is 13.2 Å². The molecule has 1 aliphatic carbocycles. The van der Waals surface area contributed by atoms with Crippen molar-refractivity contribution in [2.45, 2.75) is 57.9 Å². The number of aryl methyl sites for hydroxylation is 1. The highest BCUT2D eigenvalue weighted by Crippen LogP contribution is 2.54. The monoisotopic (exact) mass is 615 g/mol. The predicted molar refractivity (Wildman–Crippen MR) is 155 cm³/mol. The van der Waals surface area contributed by atoms with E-state index in [9.17, 15) is 22.8 Å². The smallest absolute Gasteiger partial charge is 0.417 e. The Hall–Kier alpha value is -3.18. The molecule has 2 saturated heterocycles. The van der Waals surface area contributed by atoms with Crippen molar-refractivity contribution in [2.24, 2.45) is 23.2 Å². The second-order valence-corrected chi connectivity index (χ2v) is 13.0. The summed E-state index contributed by atoms with van der Waals surface area (Å²) in [6.45, 7) is 4.33. The number of fused-ring (bicyclic) bond motifs is 2. The van der Waals surface area contributed by atoms with Gasteiger partial charge in [-0.2, -0.15) is 13.2 Å². The van der Waals surface area contributed by atoms with Gasteiger partial charge in [0.15, 0.2) is 6.61 Å². The molecular formula is C33H40F3N3O5. The van der Waals surface area contributed by atoms with Gasteiger partial charge in [-0.1, -0.05) is 17.7 Å². The summed E-state index contributed by atoms with van der Waals surface area (Å²) in [5, 5.41) is 0. The van der Waals surface area contributed by atoms with Gasteiger partial charge in [0.25, 0.3) is 5.91 Å². The maximum absolute atomic E-state index is 14.5. The molecule has 1 saturated carbocycles. The van der Waals surface area contributed by atoms with Gasteiger partial charge in [0.1, 0.15) is 5.75 Å². The van der Waals surface area contributed by atoms with E-state index in [0.29, 0.717) is 62.1 Å². The van der Waals surface area contributed by atoms with Crippen LogP contribution in [0.3, 0.4) is 0 Å². The van der Waals surface area contributed by atoms with Crippen molar-refractivity contribution in [3.05, 3.63) is 58.9 Å². The first-order chi connectivity index (χ1) is 21.1. The lowest BCUT2D eigenvalue weighted by Gasteiger charge is -2.37. The van der Waals surface area contributed by atoms with Gasteiger partial charge in [0.05, 0.1) is 23.7 Å². The zero-order valence-corrected chi connectivity index (χ0v) is 25.3. The zero-order valence-electron chi connectivity index (χ0n) is 25.3. The Bertz CT molecular complexity index is 1370. The average Bonchev–Trinajstić information content (AvgIpc) is 3.54. The molecule has 2 unspecified atom stereocenters. The van der Waals surface area contributed by atoms with E-state index in [4.69, 9.17) is 14.2 Å². The second-order valence-electron chi connectivity index (χ2n) is 13.0. The van der Waals surface area contributed by atoms with Crippen molar-refractivity contribution in [1.82, 2.24) is 14.8 Å². The third-order valence-corrected chi connectivity index (χ3v) is 10.2. The van der Waals surface area contributed by atoms with Crippen LogP contribution >= 0.6 is 0 Å². The fraction of sp³-hybridized carbons (Fsp3) is 0.606. The standard InChI is InChI=1S/C33H40F3N3O5/c1-21-3-5-27(6-4-21)44-19-30(40)39-17-26-12-22(11-23-8-10-43-18-29(23)42-2)14-32(26,20-39)31(41)38-9-7-28-24(16-38)13-25(15-37-28)33(34,35)36/h3-6,13,15,22-23,26,29H,7-12,14,16-20H2,1-2H3/t22-,23?,26+,29?,32+/m1/s1. The van der Waals surface area contributed by atoms with Crippen molar-refractivity contribution in [1.29, 1.82) is 0 Å². The summed E-state index contributed by atoms with van der Waals surface area (Å²) in [6.07, 6.45) is 0.0426. The molecule has 6 rings (SSSR count). The van der Waals surface area contributed by atoms with E-state index in [1.165, 1.54) is 0 Å². The Morgan fingerprint density at radius 2 is 1.98 bits per heavy atom. The summed E-state index contributed by atoms with van der Waals surface area (Å²) >= 11 is 0. The summed E-state index contributed by atoms with van der Waals surface area (Å²) in [5.74, 6) is 0.941. The fourth-order valence-corrected chi connectivity index (χ4v) is 7.86. The normalized spacial score (nSPS) is 28.5. The van der Waals surface area contributed by atoms with Crippen molar-refractivity contribution in [3.63, 3.8) is 0 Å². The largest absolute Gasteiger partial charge is 0.484 e. The highest BCUT2D eigenvalue weighted by molar-refractivity contribution is 5.87. The number of halogens is 3. The van der Waals surface area contributed by atoms with Gasteiger partial charge in [-0.3, -0.25) is 14.6 Å². The molecule has 0 bridgehead atoms. The van der Waals surface area contributed by atoms with Crippen molar-refractivity contribution in [3.8, 4) is 5.75 Å². The molecule has 2 aromatic rings. The molecule has 1 aromatic heterocycles. The molecule has 1 aromatic carbocycles. The number of pyridine rings is 1. The van der Waals surface area contributed by atoms with E-state index in [1.54, 1.807) is 16.9 Å². The Morgan fingerprint density at radius 3 is 2.73 bits per heavy atom. The number of aromatic nitrogens is 1. The second kappa shape index (κ2) is 12.3. The first kappa shape index (κ1) is 30.8. The third-order valence-electron chi connectivity index (χ3n) is 10.2. The molecule has 5 atom stereocenters. The summed E-state index contributed by atoms with van der Waals surface area (Å²) < 4.78 is 57.4. The van der Waals surface area contributed by atoms with E-state index in [2.05, 4.69) is 4.98 Å². The van der Waals surface area contributed by atoms with Crippen LogP contribution in [0.5, 0.6) is 5.75 Å². The number of carbonyl (C=O) groups excluding carboxylic acids is 2. The van der Waals surface area contributed by atoms with Crippen LogP contribution in [0.1, 0.15) is 48.1 Å². The predicted octanol–water partition coefficient (Wildman–Crippen LogP) is 4.67. The van der Waals surface area contributed by atoms with Crippen LogP contribution in [-0.2, 0) is 38.2 Å². The first-order valence-corrected chi connectivity index (χ1v) is 15.5. The summed E-state index contributed by atoms with van der Waals surface area (Å²) in [4.78, 5) is 35.4. The number of nitrogens with zero attached hydrogens (tertiary/aromatic N) is 3. The SMILES string of the molecule is COC1COCCC1C[C@@H]1C[C@H]2CN(C(=O)COc3ccc(C)cc3)C[C@@]2(C(=O)N2CCc3ncc(C(F)(F)F)cc3C2)C1. The summed E-state index contributed by atoms with van der Waals surface area (Å²) in [5.41, 5.74) is 0.531. The van der Waals surface area contributed by atoms with Crippen LogP contribution < -0.4 is 4.74 Å². The number of ether oxygens (including phenoxy) is 3. The lowest BCUT2D eigenvalue weighted by Crippen LogP contribution is -2.49. The van der Waals surface area contributed by atoms with Crippen LogP contribution in [0.25, 0.3) is 0 Å². The first-order valence-electron chi connectivity index (χ1n) is 15.5. The Labute approximate surface area is 255 Å². The molecule has 3 aliphatic heterocycles. The molecule has 238 valence electrons. The minimum Gasteiger partial charge on any atom is -0.484 e. The van der Waals surface area contributed by atoms with E-state index >= 15 is 0 Å². The lowest BCUT2D eigenvalue weighted by atomic mass is 9.78. The van der Waals surface area contributed by atoms with E-state index < -0.39 is 17.2 Å². The van der Waals surface area contributed by atoms with E-state index in [0.717, 1.165) is 37.1 Å². The minimum atomic E-state index is -4.51. The molecule has 4 heterocycles. The quantitative estimate of drug-likeness (QED) is 0.451. The number of carbonyl (C=O) groups is 2. The molecule has 11 heteroatoms. The minimum absolute atomic E-state index is 0.0155. The van der Waals surface area contributed by atoms with Crippen LogP contribution in [0, 0.1) is 30.1 Å². The summed E-state index contributed by atoms with van der Waals surface area (Å²) in [7, 11) is 1.70. The molecule has 44 heavy (non-hydrogen) atoms. The zero-order chi connectivity index (χ0) is 31.1. The Kier molecular flexibility index (Phi) is 8.63. The summed E-state index contributed by atoms with van der Waals surface area (Å²) in [6, 6.07) is 8.62. The van der Waals surface area contributed by atoms with E-state index in [1.807, 2.05) is 31.2 Å². The number of rotatable bonds is 7. The molecule has 4 aliphatic rings. The van der Waals surface area contributed by atoms with Crippen molar-refractivity contribution >= 4 is 11.8 Å². The highest BCUT2D eigenvalue weighted by Gasteiger charge is 2.59. The number of likely N-dealkylation sites (tertiary alicyclic amines) is 1. The van der Waals surface area contributed by atoms with Crippen LogP contribution in [0.2, 0.25) is 0 Å². The van der Waals surface area contributed by atoms with Gasteiger partial charge in [-0.05, 0) is 74.1 Å². The Morgan fingerprint density at radius 1 is 1.18 bits per heavy atom. The molecule has 0 radical (unpaired) electrons. The molecule has 0 spiro atoms. The van der Waals surface area contributed by atoms with Gasteiger partial charge in [0, 0.05) is 58.2 Å². The number of hydrogen-bond acceptors (Lipinski definition) is 6. The van der Waals surface area contributed by atoms with Gasteiger partial charge in [-0.25, -0.2) is 0 Å². The number of hydrogen-bond donors (Lipinski definition) is 0. The average molecular weight is 616 g/mol. The van der Waals surface area contributed by atoms with Crippen molar-refractivity contribution in [2.75, 3.05) is 46.6 Å². The molecule has 3 fully saturated rings.